The van der Waals surface area contributed by atoms with E-state index < -0.39 is 17.8 Å². The highest BCUT2D eigenvalue weighted by Crippen LogP contribution is 2.45. The van der Waals surface area contributed by atoms with E-state index in [0.29, 0.717) is 50.0 Å². The fraction of sp³-hybridized carbons (Fsp3) is 0.148. The first kappa shape index (κ1) is 22.2. The van der Waals surface area contributed by atoms with Crippen LogP contribution in [0.3, 0.4) is 0 Å². The van der Waals surface area contributed by atoms with E-state index in [1.807, 2.05) is 6.92 Å². The van der Waals surface area contributed by atoms with Crippen molar-refractivity contribution in [2.24, 2.45) is 0 Å². The molecule has 1 amide bonds. The lowest BCUT2D eigenvalue weighted by Crippen LogP contribution is -2.29. The van der Waals surface area contributed by atoms with Gasteiger partial charge in [-0.3, -0.25) is 14.5 Å². The monoisotopic (exact) mass is 502 g/mol. The molecule has 2 aromatic heterocycles. The molecule has 0 saturated carbocycles. The maximum Gasteiger partial charge on any atom is 0.297 e. The molecule has 0 fully saturated rings. The number of ether oxygens (including phenoxy) is 2. The van der Waals surface area contributed by atoms with Crippen molar-refractivity contribution >= 4 is 43.6 Å². The minimum absolute atomic E-state index is 0.0398. The Morgan fingerprint density at radius 3 is 2.72 bits per heavy atom. The average molecular weight is 503 g/mol. The Labute approximate surface area is 208 Å². The zero-order chi connectivity index (χ0) is 25.0. The summed E-state index contributed by atoms with van der Waals surface area (Å²) in [5.41, 5.74) is 1.41. The predicted octanol–water partition coefficient (Wildman–Crippen LogP) is 5.70. The molecule has 36 heavy (non-hydrogen) atoms. The summed E-state index contributed by atoms with van der Waals surface area (Å²) in [6.07, 6.45) is 0. The fourth-order valence-electron chi connectivity index (χ4n) is 4.55. The number of rotatable bonds is 5. The molecule has 6 rings (SSSR count). The minimum Gasteiger partial charge on any atom is -0.493 e. The van der Waals surface area contributed by atoms with E-state index in [1.165, 1.54) is 35.5 Å². The molecule has 1 atom stereocenters. The molecule has 0 aliphatic carbocycles. The molecule has 180 valence electrons. The topological polar surface area (TPSA) is 81.9 Å². The van der Waals surface area contributed by atoms with Crippen LogP contribution in [0, 0.1) is 5.82 Å². The highest BCUT2D eigenvalue weighted by Gasteiger charge is 2.45. The van der Waals surface area contributed by atoms with E-state index in [9.17, 15) is 14.0 Å². The highest BCUT2D eigenvalue weighted by atomic mass is 32.1. The van der Waals surface area contributed by atoms with Crippen LogP contribution in [0.1, 0.15) is 34.6 Å². The number of halogens is 1. The Hall–Kier alpha value is -4.24. The van der Waals surface area contributed by atoms with Gasteiger partial charge in [0.25, 0.3) is 5.91 Å². The summed E-state index contributed by atoms with van der Waals surface area (Å²) >= 11 is 1.17. The van der Waals surface area contributed by atoms with Crippen molar-refractivity contribution in [3.05, 3.63) is 93.6 Å². The summed E-state index contributed by atoms with van der Waals surface area (Å²) in [5.74, 6) is 0.0736. The van der Waals surface area contributed by atoms with E-state index in [1.54, 1.807) is 48.5 Å². The number of aromatic nitrogens is 1. The molecule has 0 bridgehead atoms. The Morgan fingerprint density at radius 1 is 1.08 bits per heavy atom. The van der Waals surface area contributed by atoms with Gasteiger partial charge in [0.05, 0.1) is 40.9 Å². The Morgan fingerprint density at radius 2 is 1.92 bits per heavy atom. The summed E-state index contributed by atoms with van der Waals surface area (Å²) in [7, 11) is 1.52. The van der Waals surface area contributed by atoms with Gasteiger partial charge in [0.2, 0.25) is 5.76 Å². The molecule has 0 N–H and O–H groups in total. The number of carbonyl (C=O) groups is 1. The number of amides is 1. The van der Waals surface area contributed by atoms with Crippen molar-refractivity contribution in [2.75, 3.05) is 18.6 Å². The van der Waals surface area contributed by atoms with Gasteiger partial charge in [0.15, 0.2) is 22.1 Å². The van der Waals surface area contributed by atoms with Crippen LogP contribution >= 0.6 is 11.3 Å². The molecule has 1 aliphatic heterocycles. The van der Waals surface area contributed by atoms with Crippen LogP contribution in [0.5, 0.6) is 11.5 Å². The number of hydrogen-bond donors (Lipinski definition) is 0. The molecule has 0 saturated heterocycles. The molecular weight excluding hydrogens is 483 g/mol. The summed E-state index contributed by atoms with van der Waals surface area (Å²) < 4.78 is 31.6. The van der Waals surface area contributed by atoms with E-state index in [2.05, 4.69) is 4.98 Å². The standard InChI is InChI=1S/C27H19FN2O5S/c1-3-34-19-11-8-14(12-20(19)33-2)23-22-24(31)16-6-4-5-7-18(16)35-25(22)26(32)30(23)27-29-17-10-9-15(28)13-21(17)36-27/h4-13,23H,3H2,1-2H3/t23-/m1/s1. The van der Waals surface area contributed by atoms with Gasteiger partial charge in [-0.1, -0.05) is 29.5 Å². The number of methoxy groups -OCH3 is 1. The van der Waals surface area contributed by atoms with Crippen LogP contribution in [-0.4, -0.2) is 24.6 Å². The Kier molecular flexibility index (Phi) is 5.22. The molecular formula is C27H19FN2O5S. The number of thiazole rings is 1. The van der Waals surface area contributed by atoms with Crippen LogP contribution < -0.4 is 19.8 Å². The Balaban J connectivity index is 1.61. The SMILES string of the molecule is CCOc1ccc([C@@H]2c3c(oc4ccccc4c3=O)C(=O)N2c2nc3ccc(F)cc3s2)cc1OC. The van der Waals surface area contributed by atoms with E-state index >= 15 is 0 Å². The molecule has 9 heteroatoms. The molecule has 3 aromatic carbocycles. The highest BCUT2D eigenvalue weighted by molar-refractivity contribution is 7.22. The number of fused-ring (bicyclic) bond motifs is 3. The van der Waals surface area contributed by atoms with Crippen LogP contribution in [0.4, 0.5) is 9.52 Å². The smallest absolute Gasteiger partial charge is 0.297 e. The second-order valence-corrected chi connectivity index (χ2v) is 9.21. The van der Waals surface area contributed by atoms with Gasteiger partial charge in [-0.25, -0.2) is 9.37 Å². The van der Waals surface area contributed by atoms with Crippen molar-refractivity contribution in [1.29, 1.82) is 0 Å². The van der Waals surface area contributed by atoms with E-state index in [0.717, 1.165) is 0 Å². The molecule has 1 aliphatic rings. The summed E-state index contributed by atoms with van der Waals surface area (Å²) in [6, 6.07) is 15.5. The molecule has 7 nitrogen and oxygen atoms in total. The largest absolute Gasteiger partial charge is 0.493 e. The van der Waals surface area contributed by atoms with Crippen molar-refractivity contribution in [3.63, 3.8) is 0 Å². The van der Waals surface area contributed by atoms with Gasteiger partial charge >= 0.3 is 0 Å². The first-order valence-electron chi connectivity index (χ1n) is 11.3. The zero-order valence-corrected chi connectivity index (χ0v) is 20.1. The number of benzene rings is 3. The number of nitrogens with zero attached hydrogens (tertiary/aromatic N) is 2. The summed E-state index contributed by atoms with van der Waals surface area (Å²) in [5, 5.41) is 0.702. The average Bonchev–Trinajstić information content (AvgIpc) is 3.43. The van der Waals surface area contributed by atoms with Crippen molar-refractivity contribution in [3.8, 4) is 11.5 Å². The van der Waals surface area contributed by atoms with E-state index in [4.69, 9.17) is 13.9 Å². The van der Waals surface area contributed by atoms with Crippen LogP contribution in [-0.2, 0) is 0 Å². The first-order chi connectivity index (χ1) is 17.5. The van der Waals surface area contributed by atoms with Gasteiger partial charge in [0, 0.05) is 0 Å². The molecule has 3 heterocycles. The third kappa shape index (κ3) is 3.35. The zero-order valence-electron chi connectivity index (χ0n) is 19.3. The minimum atomic E-state index is -0.830. The van der Waals surface area contributed by atoms with Crippen molar-refractivity contribution < 1.29 is 23.1 Å². The second kappa shape index (κ2) is 8.46. The summed E-state index contributed by atoms with van der Waals surface area (Å²) in [6.45, 7) is 2.32. The maximum atomic E-state index is 13.9. The summed E-state index contributed by atoms with van der Waals surface area (Å²) in [4.78, 5) is 33.5. The molecule has 5 aromatic rings. The lowest BCUT2D eigenvalue weighted by atomic mass is 9.98. The van der Waals surface area contributed by atoms with Crippen molar-refractivity contribution in [2.45, 2.75) is 13.0 Å². The molecule has 0 unspecified atom stereocenters. The lowest BCUT2D eigenvalue weighted by Gasteiger charge is -2.23. The maximum absolute atomic E-state index is 13.9. The van der Waals surface area contributed by atoms with Gasteiger partial charge in [-0.2, -0.15) is 0 Å². The van der Waals surface area contributed by atoms with Gasteiger partial charge < -0.3 is 13.9 Å². The third-order valence-corrected chi connectivity index (χ3v) is 7.14. The lowest BCUT2D eigenvalue weighted by molar-refractivity contribution is 0.0971. The third-order valence-electron chi connectivity index (χ3n) is 6.13. The normalized spacial score (nSPS) is 15.0. The number of para-hydroxylation sites is 1. The fourth-order valence-corrected chi connectivity index (χ4v) is 5.57. The predicted molar refractivity (Wildman–Crippen MR) is 135 cm³/mol. The Bertz CT molecular complexity index is 1730. The first-order valence-corrected chi connectivity index (χ1v) is 12.1. The van der Waals surface area contributed by atoms with Gasteiger partial charge in [0.1, 0.15) is 11.4 Å². The second-order valence-electron chi connectivity index (χ2n) is 8.20. The molecule has 0 spiro atoms. The van der Waals surface area contributed by atoms with Gasteiger partial charge in [-0.05, 0) is 55.0 Å². The van der Waals surface area contributed by atoms with E-state index in [-0.39, 0.29) is 16.8 Å². The van der Waals surface area contributed by atoms with Crippen molar-refractivity contribution in [1.82, 2.24) is 4.98 Å². The quantitative estimate of drug-likeness (QED) is 0.307. The molecule has 0 radical (unpaired) electrons. The van der Waals surface area contributed by atoms with Crippen LogP contribution in [0.2, 0.25) is 0 Å². The number of carbonyl (C=O) groups excluding carboxylic acids is 1. The van der Waals surface area contributed by atoms with Gasteiger partial charge in [-0.15, -0.1) is 0 Å². The van der Waals surface area contributed by atoms with Crippen LogP contribution in [0.15, 0.2) is 69.9 Å². The number of anilines is 1. The van der Waals surface area contributed by atoms with Crippen LogP contribution in [0.25, 0.3) is 21.2 Å². The number of hydrogen-bond acceptors (Lipinski definition) is 7.